The largest absolute Gasteiger partial charge is 0.491 e. The van der Waals surface area contributed by atoms with Gasteiger partial charge in [0.05, 0.1) is 17.6 Å². The molecule has 1 aliphatic heterocycles. The summed E-state index contributed by atoms with van der Waals surface area (Å²) in [5, 5.41) is 11.4. The highest BCUT2D eigenvalue weighted by Crippen LogP contribution is 2.32. The van der Waals surface area contributed by atoms with E-state index >= 15 is 0 Å². The summed E-state index contributed by atoms with van der Waals surface area (Å²) >= 11 is 0. The number of piperazine rings is 1. The standard InChI is InChI=1S/C30H44N4O5/c1-6-32(30(35)14-15-31-17-19-33(20-18-31)26-9-7-24(4)8-10-26)16-13-25(5)39-27-11-12-28(34(36)37)29(21-27)38-22-23(2)3/h7-12,21,23,25H,6,13-20,22H2,1-5H3. The lowest BCUT2D eigenvalue weighted by Crippen LogP contribution is -2.47. The molecule has 0 radical (unpaired) electrons. The Morgan fingerprint density at radius 2 is 1.77 bits per heavy atom. The summed E-state index contributed by atoms with van der Waals surface area (Å²) in [4.78, 5) is 30.5. The summed E-state index contributed by atoms with van der Waals surface area (Å²) in [6, 6.07) is 13.3. The molecular formula is C30H44N4O5. The second-order valence-electron chi connectivity index (χ2n) is 10.7. The second kappa shape index (κ2) is 14.7. The topological polar surface area (TPSA) is 88.4 Å². The first kappa shape index (κ1) is 30.2. The average molecular weight is 541 g/mol. The number of aryl methyl sites for hydroxylation is 1. The highest BCUT2D eigenvalue weighted by molar-refractivity contribution is 5.76. The lowest BCUT2D eigenvalue weighted by molar-refractivity contribution is -0.385. The smallest absolute Gasteiger partial charge is 0.311 e. The van der Waals surface area contributed by atoms with Crippen molar-refractivity contribution in [2.45, 2.75) is 53.6 Å². The Labute approximate surface area is 232 Å². The van der Waals surface area contributed by atoms with Gasteiger partial charge in [-0.1, -0.05) is 31.5 Å². The number of nitro benzene ring substituents is 1. The minimum Gasteiger partial charge on any atom is -0.491 e. The molecule has 1 fully saturated rings. The Morgan fingerprint density at radius 3 is 2.38 bits per heavy atom. The molecule has 214 valence electrons. The van der Waals surface area contributed by atoms with Crippen LogP contribution in [0, 0.1) is 23.0 Å². The molecule has 3 rings (SSSR count). The number of hydrogen-bond acceptors (Lipinski definition) is 7. The quantitative estimate of drug-likeness (QED) is 0.242. The number of carbonyl (C=O) groups excluding carboxylic acids is 1. The van der Waals surface area contributed by atoms with Gasteiger partial charge in [-0.05, 0) is 44.9 Å². The molecule has 1 aliphatic rings. The Morgan fingerprint density at radius 1 is 1.08 bits per heavy atom. The lowest BCUT2D eigenvalue weighted by Gasteiger charge is -2.36. The van der Waals surface area contributed by atoms with Crippen LogP contribution in [0.15, 0.2) is 42.5 Å². The fourth-order valence-electron chi connectivity index (χ4n) is 4.58. The molecule has 1 heterocycles. The number of ether oxygens (including phenoxy) is 2. The zero-order valence-corrected chi connectivity index (χ0v) is 24.1. The molecule has 9 nitrogen and oxygen atoms in total. The van der Waals surface area contributed by atoms with Crippen LogP contribution in [0.5, 0.6) is 11.5 Å². The van der Waals surface area contributed by atoms with Crippen molar-refractivity contribution < 1.29 is 19.2 Å². The van der Waals surface area contributed by atoms with Gasteiger partial charge in [0.25, 0.3) is 0 Å². The van der Waals surface area contributed by atoms with Gasteiger partial charge in [0.15, 0.2) is 0 Å². The minimum atomic E-state index is -0.447. The number of nitro groups is 1. The van der Waals surface area contributed by atoms with Crippen molar-refractivity contribution in [3.05, 3.63) is 58.1 Å². The molecule has 0 saturated carbocycles. The maximum atomic E-state index is 12.9. The van der Waals surface area contributed by atoms with Gasteiger partial charge in [-0.3, -0.25) is 19.8 Å². The first-order valence-corrected chi connectivity index (χ1v) is 14.1. The van der Waals surface area contributed by atoms with Crippen molar-refractivity contribution in [3.8, 4) is 11.5 Å². The lowest BCUT2D eigenvalue weighted by atomic mass is 10.2. The molecule has 0 aromatic heterocycles. The SMILES string of the molecule is CCN(CCC(C)Oc1ccc([N+](=O)[O-])c(OCC(C)C)c1)C(=O)CCN1CCN(c2ccc(C)cc2)CC1. The number of hydrogen-bond donors (Lipinski definition) is 0. The minimum absolute atomic E-state index is 0.0741. The maximum absolute atomic E-state index is 12.9. The summed E-state index contributed by atoms with van der Waals surface area (Å²) in [5.74, 6) is 1.13. The number of amides is 1. The number of carbonyl (C=O) groups is 1. The van der Waals surface area contributed by atoms with Gasteiger partial charge < -0.3 is 19.3 Å². The third kappa shape index (κ3) is 9.42. The molecule has 1 saturated heterocycles. The molecule has 0 N–H and O–H groups in total. The van der Waals surface area contributed by atoms with Gasteiger partial charge in [-0.15, -0.1) is 0 Å². The van der Waals surface area contributed by atoms with Gasteiger partial charge in [-0.25, -0.2) is 0 Å². The van der Waals surface area contributed by atoms with E-state index in [0.717, 1.165) is 32.7 Å². The normalized spacial score (nSPS) is 14.8. The van der Waals surface area contributed by atoms with Crippen LogP contribution in [-0.2, 0) is 4.79 Å². The van der Waals surface area contributed by atoms with Crippen LogP contribution in [0.3, 0.4) is 0 Å². The fourth-order valence-corrected chi connectivity index (χ4v) is 4.58. The average Bonchev–Trinajstić information content (AvgIpc) is 2.91. The molecule has 2 aromatic rings. The second-order valence-corrected chi connectivity index (χ2v) is 10.7. The van der Waals surface area contributed by atoms with Gasteiger partial charge in [0.2, 0.25) is 11.7 Å². The van der Waals surface area contributed by atoms with Gasteiger partial charge in [0.1, 0.15) is 5.75 Å². The first-order valence-electron chi connectivity index (χ1n) is 14.1. The molecule has 1 unspecified atom stereocenters. The van der Waals surface area contributed by atoms with Crippen LogP contribution >= 0.6 is 0 Å². The molecule has 2 aromatic carbocycles. The van der Waals surface area contributed by atoms with E-state index in [2.05, 4.69) is 41.0 Å². The molecule has 9 heteroatoms. The van der Waals surface area contributed by atoms with Gasteiger partial charge in [-0.2, -0.15) is 0 Å². The molecule has 0 aliphatic carbocycles. The van der Waals surface area contributed by atoms with E-state index < -0.39 is 4.92 Å². The molecule has 1 amide bonds. The van der Waals surface area contributed by atoms with Crippen molar-refractivity contribution in [1.29, 1.82) is 0 Å². The number of anilines is 1. The highest BCUT2D eigenvalue weighted by Gasteiger charge is 2.21. The third-order valence-corrected chi connectivity index (χ3v) is 6.99. The Bertz CT molecular complexity index is 1070. The highest BCUT2D eigenvalue weighted by atomic mass is 16.6. The van der Waals surface area contributed by atoms with Crippen molar-refractivity contribution in [1.82, 2.24) is 9.80 Å². The summed E-state index contributed by atoms with van der Waals surface area (Å²) in [6.07, 6.45) is 1.00. The number of rotatable bonds is 14. The van der Waals surface area contributed by atoms with Crippen LogP contribution in [-0.4, -0.2) is 79.2 Å². The monoisotopic (exact) mass is 540 g/mol. The molecule has 0 bridgehead atoms. The van der Waals surface area contributed by atoms with Crippen molar-refractivity contribution in [2.24, 2.45) is 5.92 Å². The van der Waals surface area contributed by atoms with Gasteiger partial charge >= 0.3 is 5.69 Å². The van der Waals surface area contributed by atoms with E-state index in [0.29, 0.717) is 38.3 Å². The van der Waals surface area contributed by atoms with E-state index in [-0.39, 0.29) is 29.4 Å². The molecule has 39 heavy (non-hydrogen) atoms. The van der Waals surface area contributed by atoms with Crippen LogP contribution in [0.1, 0.15) is 46.1 Å². The van der Waals surface area contributed by atoms with E-state index in [1.807, 2.05) is 32.6 Å². The maximum Gasteiger partial charge on any atom is 0.311 e. The summed E-state index contributed by atoms with van der Waals surface area (Å²) in [7, 11) is 0. The Hall–Kier alpha value is -3.33. The van der Waals surface area contributed by atoms with E-state index in [4.69, 9.17) is 9.47 Å². The predicted molar refractivity (Wildman–Crippen MR) is 155 cm³/mol. The van der Waals surface area contributed by atoms with E-state index in [1.54, 1.807) is 12.1 Å². The number of benzene rings is 2. The van der Waals surface area contributed by atoms with Crippen LogP contribution in [0.25, 0.3) is 0 Å². The third-order valence-electron chi connectivity index (χ3n) is 6.99. The summed E-state index contributed by atoms with van der Waals surface area (Å²) < 4.78 is 11.7. The Balaban J connectivity index is 1.43. The zero-order valence-electron chi connectivity index (χ0n) is 24.1. The molecule has 1 atom stereocenters. The zero-order chi connectivity index (χ0) is 28.4. The van der Waals surface area contributed by atoms with Crippen molar-refractivity contribution in [3.63, 3.8) is 0 Å². The predicted octanol–water partition coefficient (Wildman–Crippen LogP) is 5.16. The van der Waals surface area contributed by atoms with Crippen LogP contribution in [0.4, 0.5) is 11.4 Å². The first-order chi connectivity index (χ1) is 18.7. The number of nitrogens with zero attached hydrogens (tertiary/aromatic N) is 4. The summed E-state index contributed by atoms with van der Waals surface area (Å²) in [6.45, 7) is 16.3. The van der Waals surface area contributed by atoms with Crippen LogP contribution in [0.2, 0.25) is 0 Å². The molecule has 0 spiro atoms. The van der Waals surface area contributed by atoms with Crippen molar-refractivity contribution in [2.75, 3.05) is 57.3 Å². The van der Waals surface area contributed by atoms with Gasteiger partial charge in [0, 0.05) is 76.5 Å². The van der Waals surface area contributed by atoms with Crippen molar-refractivity contribution >= 4 is 17.3 Å². The van der Waals surface area contributed by atoms with E-state index in [9.17, 15) is 14.9 Å². The Kier molecular flexibility index (Phi) is 11.4. The molecular weight excluding hydrogens is 496 g/mol. The van der Waals surface area contributed by atoms with Crippen LogP contribution < -0.4 is 14.4 Å². The fraction of sp³-hybridized carbons (Fsp3) is 0.567. The summed E-state index contributed by atoms with van der Waals surface area (Å²) in [5.41, 5.74) is 2.46. The van der Waals surface area contributed by atoms with E-state index in [1.165, 1.54) is 17.3 Å².